The number of hydrogen-bond donors (Lipinski definition) is 1. The summed E-state index contributed by atoms with van der Waals surface area (Å²) in [6.45, 7) is 3.33. The number of aromatic nitrogens is 1. The first-order valence-electron chi connectivity index (χ1n) is 7.74. The summed E-state index contributed by atoms with van der Waals surface area (Å²) >= 11 is 0. The minimum absolute atomic E-state index is 0.0161. The summed E-state index contributed by atoms with van der Waals surface area (Å²) in [5.41, 5.74) is 0.949. The van der Waals surface area contributed by atoms with Crippen molar-refractivity contribution in [3.63, 3.8) is 0 Å². The molecule has 2 fully saturated rings. The molecular weight excluding hydrogens is 266 g/mol. The number of anilines is 1. The van der Waals surface area contributed by atoms with Crippen LogP contribution in [0.5, 0.6) is 0 Å². The number of pyridine rings is 1. The van der Waals surface area contributed by atoms with Crippen molar-refractivity contribution in [2.45, 2.75) is 39.2 Å². The highest BCUT2D eigenvalue weighted by Gasteiger charge is 2.49. The molecule has 1 aliphatic heterocycles. The third kappa shape index (κ3) is 2.64. The zero-order valence-corrected chi connectivity index (χ0v) is 12.3. The number of fused-ring (bicyclic) bond motifs is 1. The largest absolute Gasteiger partial charge is 0.370 e. The van der Waals surface area contributed by atoms with Gasteiger partial charge < -0.3 is 5.32 Å². The zero-order chi connectivity index (χ0) is 14.8. The molecule has 112 valence electrons. The lowest BCUT2D eigenvalue weighted by molar-refractivity contribution is -0.141. The van der Waals surface area contributed by atoms with Crippen LogP contribution in [0.25, 0.3) is 0 Å². The van der Waals surface area contributed by atoms with Crippen LogP contribution >= 0.6 is 0 Å². The lowest BCUT2D eigenvalue weighted by Gasteiger charge is -2.16. The molecular formula is C16H21N3O2. The van der Waals surface area contributed by atoms with Gasteiger partial charge in [-0.05, 0) is 37.0 Å². The third-order valence-electron chi connectivity index (χ3n) is 4.40. The van der Waals surface area contributed by atoms with Crippen LogP contribution in [-0.4, -0.2) is 28.2 Å². The maximum atomic E-state index is 12.3. The fraction of sp³-hybridized carbons (Fsp3) is 0.562. The quantitative estimate of drug-likeness (QED) is 0.843. The highest BCUT2D eigenvalue weighted by atomic mass is 16.2. The van der Waals surface area contributed by atoms with Gasteiger partial charge in [-0.25, -0.2) is 4.98 Å². The molecule has 0 spiro atoms. The second kappa shape index (κ2) is 5.84. The van der Waals surface area contributed by atoms with Crippen molar-refractivity contribution in [2.75, 3.05) is 11.9 Å². The molecule has 2 heterocycles. The van der Waals surface area contributed by atoms with E-state index in [0.717, 1.165) is 43.6 Å². The molecule has 0 radical (unpaired) electrons. The summed E-state index contributed by atoms with van der Waals surface area (Å²) in [7, 11) is 0. The molecule has 3 rings (SSSR count). The number of rotatable bonds is 5. The molecule has 2 unspecified atom stereocenters. The Morgan fingerprint density at radius 1 is 1.29 bits per heavy atom. The lowest BCUT2D eigenvalue weighted by atomic mass is 10.00. The number of hydrogen-bond acceptors (Lipinski definition) is 4. The Balaban J connectivity index is 1.72. The normalized spacial score (nSPS) is 24.5. The molecule has 1 saturated carbocycles. The van der Waals surface area contributed by atoms with Gasteiger partial charge in [0.2, 0.25) is 11.8 Å². The maximum Gasteiger partial charge on any atom is 0.233 e. The van der Waals surface area contributed by atoms with Crippen LogP contribution in [0, 0.1) is 11.8 Å². The van der Waals surface area contributed by atoms with Crippen molar-refractivity contribution in [2.24, 2.45) is 11.8 Å². The monoisotopic (exact) mass is 287 g/mol. The van der Waals surface area contributed by atoms with Gasteiger partial charge in [0.05, 0.1) is 18.4 Å². The summed E-state index contributed by atoms with van der Waals surface area (Å²) in [5, 5.41) is 3.22. The molecule has 2 atom stereocenters. The topological polar surface area (TPSA) is 62.3 Å². The Morgan fingerprint density at radius 2 is 2.00 bits per heavy atom. The molecule has 2 amide bonds. The van der Waals surface area contributed by atoms with Crippen LogP contribution in [-0.2, 0) is 16.1 Å². The van der Waals surface area contributed by atoms with E-state index < -0.39 is 0 Å². The predicted octanol–water partition coefficient (Wildman–Crippen LogP) is 2.19. The van der Waals surface area contributed by atoms with Gasteiger partial charge in [0.1, 0.15) is 5.82 Å². The number of nitrogens with one attached hydrogen (secondary N) is 1. The van der Waals surface area contributed by atoms with Crippen molar-refractivity contribution in [1.82, 2.24) is 9.88 Å². The number of likely N-dealkylation sites (tertiary alicyclic amines) is 1. The molecule has 1 aliphatic carbocycles. The summed E-state index contributed by atoms with van der Waals surface area (Å²) in [6.07, 6.45) is 5.48. The Hall–Kier alpha value is -1.91. The van der Waals surface area contributed by atoms with Crippen LogP contribution < -0.4 is 5.32 Å². The van der Waals surface area contributed by atoms with Gasteiger partial charge in [-0.1, -0.05) is 13.3 Å². The van der Waals surface area contributed by atoms with E-state index in [-0.39, 0.29) is 23.7 Å². The predicted molar refractivity (Wildman–Crippen MR) is 79.4 cm³/mol. The van der Waals surface area contributed by atoms with Crippen LogP contribution in [0.2, 0.25) is 0 Å². The molecule has 1 saturated heterocycles. The lowest BCUT2D eigenvalue weighted by Crippen LogP contribution is -2.31. The van der Waals surface area contributed by atoms with E-state index in [1.54, 1.807) is 6.20 Å². The Morgan fingerprint density at radius 3 is 2.67 bits per heavy atom. The molecule has 5 nitrogen and oxygen atoms in total. The minimum Gasteiger partial charge on any atom is -0.370 e. The van der Waals surface area contributed by atoms with E-state index in [1.807, 2.05) is 12.1 Å². The van der Waals surface area contributed by atoms with Crippen molar-refractivity contribution in [3.05, 3.63) is 23.9 Å². The molecule has 1 N–H and O–H groups in total. The summed E-state index contributed by atoms with van der Waals surface area (Å²) in [5.74, 6) is 0.715. The number of amides is 2. The van der Waals surface area contributed by atoms with Crippen molar-refractivity contribution < 1.29 is 9.59 Å². The maximum absolute atomic E-state index is 12.3. The van der Waals surface area contributed by atoms with Crippen LogP contribution in [0.1, 0.15) is 38.2 Å². The van der Waals surface area contributed by atoms with Gasteiger partial charge in [0.25, 0.3) is 0 Å². The van der Waals surface area contributed by atoms with Gasteiger partial charge in [0.15, 0.2) is 0 Å². The number of nitrogens with zero attached hydrogens (tertiary/aromatic N) is 2. The molecule has 1 aromatic heterocycles. The fourth-order valence-corrected chi connectivity index (χ4v) is 3.32. The molecule has 0 bridgehead atoms. The van der Waals surface area contributed by atoms with Crippen LogP contribution in [0.3, 0.4) is 0 Å². The Kier molecular flexibility index (Phi) is 3.90. The summed E-state index contributed by atoms with van der Waals surface area (Å²) < 4.78 is 0. The Bertz CT molecular complexity index is 536. The summed E-state index contributed by atoms with van der Waals surface area (Å²) in [4.78, 5) is 30.4. The summed E-state index contributed by atoms with van der Waals surface area (Å²) in [6, 6.07) is 3.79. The second-order valence-corrected chi connectivity index (χ2v) is 5.88. The van der Waals surface area contributed by atoms with E-state index in [1.165, 1.54) is 4.90 Å². The average molecular weight is 287 g/mol. The van der Waals surface area contributed by atoms with Crippen LogP contribution in [0.15, 0.2) is 18.3 Å². The Labute approximate surface area is 124 Å². The number of carbonyl (C=O) groups excluding carboxylic acids is 2. The van der Waals surface area contributed by atoms with E-state index in [0.29, 0.717) is 6.54 Å². The number of imide groups is 1. The molecule has 0 aromatic carbocycles. The molecule has 2 aliphatic rings. The van der Waals surface area contributed by atoms with E-state index >= 15 is 0 Å². The SMILES string of the molecule is CCCNc1cc(CN2C(=O)C3CCCC3C2=O)ccn1. The standard InChI is InChI=1S/C16H21N3O2/c1-2-7-17-14-9-11(6-8-18-14)10-19-15(20)12-4-3-5-13(12)16(19)21/h6,8-9,12-13H,2-5,7,10H2,1H3,(H,17,18). The van der Waals surface area contributed by atoms with E-state index in [4.69, 9.17) is 0 Å². The highest BCUT2D eigenvalue weighted by molar-refractivity contribution is 6.05. The first-order valence-corrected chi connectivity index (χ1v) is 7.74. The third-order valence-corrected chi connectivity index (χ3v) is 4.40. The van der Waals surface area contributed by atoms with E-state index in [9.17, 15) is 9.59 Å². The van der Waals surface area contributed by atoms with Gasteiger partial charge in [-0.3, -0.25) is 14.5 Å². The second-order valence-electron chi connectivity index (χ2n) is 5.88. The van der Waals surface area contributed by atoms with Gasteiger partial charge in [-0.15, -0.1) is 0 Å². The van der Waals surface area contributed by atoms with Gasteiger partial charge in [-0.2, -0.15) is 0 Å². The van der Waals surface area contributed by atoms with Crippen molar-refractivity contribution >= 4 is 17.6 Å². The highest BCUT2D eigenvalue weighted by Crippen LogP contribution is 2.40. The molecule has 1 aromatic rings. The fourth-order valence-electron chi connectivity index (χ4n) is 3.32. The number of carbonyl (C=O) groups is 2. The van der Waals surface area contributed by atoms with Gasteiger partial charge >= 0.3 is 0 Å². The van der Waals surface area contributed by atoms with Crippen LogP contribution in [0.4, 0.5) is 5.82 Å². The van der Waals surface area contributed by atoms with Gasteiger partial charge in [0, 0.05) is 12.7 Å². The molecule has 5 heteroatoms. The average Bonchev–Trinajstić information content (AvgIpc) is 3.06. The van der Waals surface area contributed by atoms with Crippen molar-refractivity contribution in [3.8, 4) is 0 Å². The minimum atomic E-state index is -0.0583. The zero-order valence-electron chi connectivity index (χ0n) is 12.3. The smallest absolute Gasteiger partial charge is 0.233 e. The van der Waals surface area contributed by atoms with E-state index in [2.05, 4.69) is 17.2 Å². The van der Waals surface area contributed by atoms with Crippen molar-refractivity contribution in [1.29, 1.82) is 0 Å². The first kappa shape index (κ1) is 14.0. The first-order chi connectivity index (χ1) is 10.2. The molecule has 21 heavy (non-hydrogen) atoms.